The zero-order valence-corrected chi connectivity index (χ0v) is 14.8. The number of nitrogens with zero attached hydrogens (tertiary/aromatic N) is 2. The molecular weight excluding hydrogens is 302 g/mol. The monoisotopic (exact) mass is 329 g/mol. The van der Waals surface area contributed by atoms with Gasteiger partial charge in [-0.25, -0.2) is 0 Å². The molecule has 1 atom stereocenters. The van der Waals surface area contributed by atoms with Gasteiger partial charge in [0.1, 0.15) is 5.54 Å². The van der Waals surface area contributed by atoms with Crippen LogP contribution in [0.1, 0.15) is 30.9 Å². The Bertz CT molecular complexity index is 616. The van der Waals surface area contributed by atoms with Crippen LogP contribution in [-0.2, 0) is 22.4 Å². The quantitative estimate of drug-likeness (QED) is 0.883. The minimum absolute atomic E-state index is 0.0415. The minimum Gasteiger partial charge on any atom is -0.349 e. The molecule has 5 heteroatoms. The average molecular weight is 329 g/mol. The molecule has 24 heavy (non-hydrogen) atoms. The van der Waals surface area contributed by atoms with E-state index in [0.29, 0.717) is 13.0 Å². The van der Waals surface area contributed by atoms with Crippen molar-refractivity contribution in [3.63, 3.8) is 0 Å². The molecule has 130 valence electrons. The van der Waals surface area contributed by atoms with E-state index in [4.69, 9.17) is 0 Å². The molecule has 0 unspecified atom stereocenters. The Balaban J connectivity index is 1.72. The molecule has 0 bridgehead atoms. The van der Waals surface area contributed by atoms with Gasteiger partial charge in [0.05, 0.1) is 6.04 Å². The van der Waals surface area contributed by atoms with Crippen molar-refractivity contribution in [1.82, 2.24) is 15.1 Å². The van der Waals surface area contributed by atoms with Crippen molar-refractivity contribution in [2.75, 3.05) is 27.2 Å². The standard InChI is InChI=1S/C19H27N3O2/c1-4-9-22-13-16(10-17(22)23)20-18(24)19(21(2)3)11-14-7-5-6-8-15(14)12-19/h5-8,16H,4,9-13H2,1-3H3,(H,20,24)/t16-/m0/s1. The smallest absolute Gasteiger partial charge is 0.241 e. The molecule has 0 spiro atoms. The van der Waals surface area contributed by atoms with Crippen LogP contribution in [0.2, 0.25) is 0 Å². The summed E-state index contributed by atoms with van der Waals surface area (Å²) in [5.41, 5.74) is 1.94. The fourth-order valence-corrected chi connectivity index (χ4v) is 3.95. The van der Waals surface area contributed by atoms with Crippen LogP contribution >= 0.6 is 0 Å². The van der Waals surface area contributed by atoms with Crippen molar-refractivity contribution in [2.45, 2.75) is 44.2 Å². The lowest BCUT2D eigenvalue weighted by Gasteiger charge is -2.35. The van der Waals surface area contributed by atoms with Gasteiger partial charge in [-0.15, -0.1) is 0 Å². The third-order valence-corrected chi connectivity index (χ3v) is 5.41. The maximum absolute atomic E-state index is 13.1. The number of benzene rings is 1. The van der Waals surface area contributed by atoms with Gasteiger partial charge in [0.25, 0.3) is 0 Å². The van der Waals surface area contributed by atoms with Gasteiger partial charge in [-0.3, -0.25) is 14.5 Å². The Kier molecular flexibility index (Phi) is 4.63. The summed E-state index contributed by atoms with van der Waals surface area (Å²) < 4.78 is 0. The summed E-state index contributed by atoms with van der Waals surface area (Å²) in [6.07, 6.45) is 2.81. The van der Waals surface area contributed by atoms with Gasteiger partial charge >= 0.3 is 0 Å². The lowest BCUT2D eigenvalue weighted by atomic mass is 9.92. The molecule has 3 rings (SSSR count). The summed E-state index contributed by atoms with van der Waals surface area (Å²) in [5.74, 6) is 0.190. The van der Waals surface area contributed by atoms with E-state index in [1.54, 1.807) is 0 Å². The number of likely N-dealkylation sites (N-methyl/N-ethyl adjacent to an activating group) is 1. The summed E-state index contributed by atoms with van der Waals surface area (Å²) in [6, 6.07) is 8.20. The lowest BCUT2D eigenvalue weighted by Crippen LogP contribution is -2.59. The highest BCUT2D eigenvalue weighted by atomic mass is 16.2. The highest BCUT2D eigenvalue weighted by molar-refractivity contribution is 5.89. The normalized spacial score (nSPS) is 22.1. The highest BCUT2D eigenvalue weighted by Crippen LogP contribution is 2.34. The predicted octanol–water partition coefficient (Wildman–Crippen LogP) is 1.21. The molecule has 0 radical (unpaired) electrons. The molecule has 1 heterocycles. The second-order valence-electron chi connectivity index (χ2n) is 7.26. The van der Waals surface area contributed by atoms with E-state index in [9.17, 15) is 9.59 Å². The average Bonchev–Trinajstić information content (AvgIpc) is 3.09. The third-order valence-electron chi connectivity index (χ3n) is 5.41. The molecule has 5 nitrogen and oxygen atoms in total. The van der Waals surface area contributed by atoms with E-state index in [1.807, 2.05) is 36.0 Å². The van der Waals surface area contributed by atoms with Crippen LogP contribution in [0.3, 0.4) is 0 Å². The Hall–Kier alpha value is -1.88. The van der Waals surface area contributed by atoms with Crippen molar-refractivity contribution in [1.29, 1.82) is 0 Å². The summed E-state index contributed by atoms with van der Waals surface area (Å²) >= 11 is 0. The number of hydrogen-bond acceptors (Lipinski definition) is 3. The zero-order valence-electron chi connectivity index (χ0n) is 14.8. The van der Waals surface area contributed by atoms with Gasteiger partial charge in [0, 0.05) is 32.4 Å². The first-order chi connectivity index (χ1) is 11.5. The Labute approximate surface area is 144 Å². The number of likely N-dealkylation sites (tertiary alicyclic amines) is 1. The fraction of sp³-hybridized carbons (Fsp3) is 0.579. The van der Waals surface area contributed by atoms with Crippen molar-refractivity contribution in [3.8, 4) is 0 Å². The molecule has 2 aliphatic rings. The van der Waals surface area contributed by atoms with Crippen LogP contribution in [-0.4, -0.2) is 60.4 Å². The van der Waals surface area contributed by atoms with Crippen molar-refractivity contribution in [3.05, 3.63) is 35.4 Å². The Morgan fingerprint density at radius 3 is 2.46 bits per heavy atom. The largest absolute Gasteiger partial charge is 0.349 e. The summed E-state index contributed by atoms with van der Waals surface area (Å²) in [5, 5.41) is 3.15. The fourth-order valence-electron chi connectivity index (χ4n) is 3.95. The lowest BCUT2D eigenvalue weighted by molar-refractivity contribution is -0.132. The first kappa shape index (κ1) is 17.0. The van der Waals surface area contributed by atoms with Gasteiger partial charge in [-0.05, 0) is 31.6 Å². The van der Waals surface area contributed by atoms with E-state index in [-0.39, 0.29) is 17.9 Å². The summed E-state index contributed by atoms with van der Waals surface area (Å²) in [4.78, 5) is 29.0. The molecule has 1 aliphatic carbocycles. The number of carbonyl (C=O) groups excluding carboxylic acids is 2. The molecule has 1 N–H and O–H groups in total. The number of carbonyl (C=O) groups is 2. The van der Waals surface area contributed by atoms with Crippen LogP contribution in [0, 0.1) is 0 Å². The minimum atomic E-state index is -0.551. The SMILES string of the molecule is CCCN1C[C@@H](NC(=O)C2(N(C)C)Cc3ccccc3C2)CC1=O. The number of nitrogens with one attached hydrogen (secondary N) is 1. The van der Waals surface area contributed by atoms with Crippen LogP contribution in [0.5, 0.6) is 0 Å². The van der Waals surface area contributed by atoms with Crippen molar-refractivity contribution < 1.29 is 9.59 Å². The summed E-state index contributed by atoms with van der Waals surface area (Å²) in [7, 11) is 3.93. The number of fused-ring (bicyclic) bond motifs is 1. The Morgan fingerprint density at radius 2 is 1.92 bits per heavy atom. The molecule has 0 saturated carbocycles. The second kappa shape index (κ2) is 6.55. The molecule has 2 amide bonds. The van der Waals surface area contributed by atoms with Gasteiger partial charge in [0.15, 0.2) is 0 Å². The molecule has 1 aromatic rings. The van der Waals surface area contributed by atoms with Gasteiger partial charge < -0.3 is 10.2 Å². The van der Waals surface area contributed by atoms with Gasteiger partial charge in [-0.2, -0.15) is 0 Å². The topological polar surface area (TPSA) is 52.7 Å². The van der Waals surface area contributed by atoms with E-state index < -0.39 is 5.54 Å². The Morgan fingerprint density at radius 1 is 1.29 bits per heavy atom. The molecule has 1 saturated heterocycles. The van der Waals surface area contributed by atoms with Crippen LogP contribution in [0.25, 0.3) is 0 Å². The van der Waals surface area contributed by atoms with Gasteiger partial charge in [-0.1, -0.05) is 31.2 Å². The molecule has 1 aromatic carbocycles. The highest BCUT2D eigenvalue weighted by Gasteiger charge is 2.46. The first-order valence-corrected chi connectivity index (χ1v) is 8.79. The first-order valence-electron chi connectivity index (χ1n) is 8.79. The third kappa shape index (κ3) is 2.93. The molecule has 1 fully saturated rings. The number of hydrogen-bond donors (Lipinski definition) is 1. The van der Waals surface area contributed by atoms with Crippen LogP contribution in [0.4, 0.5) is 0 Å². The van der Waals surface area contributed by atoms with Crippen LogP contribution in [0.15, 0.2) is 24.3 Å². The predicted molar refractivity (Wildman–Crippen MR) is 93.7 cm³/mol. The zero-order chi connectivity index (χ0) is 17.3. The number of rotatable bonds is 5. The maximum atomic E-state index is 13.1. The molecule has 1 aliphatic heterocycles. The van der Waals surface area contributed by atoms with Crippen molar-refractivity contribution in [2.24, 2.45) is 0 Å². The van der Waals surface area contributed by atoms with E-state index in [1.165, 1.54) is 11.1 Å². The van der Waals surface area contributed by atoms with E-state index >= 15 is 0 Å². The second-order valence-corrected chi connectivity index (χ2v) is 7.26. The van der Waals surface area contributed by atoms with E-state index in [0.717, 1.165) is 25.8 Å². The van der Waals surface area contributed by atoms with Gasteiger partial charge in [0.2, 0.25) is 11.8 Å². The van der Waals surface area contributed by atoms with E-state index in [2.05, 4.69) is 24.4 Å². The number of amides is 2. The maximum Gasteiger partial charge on any atom is 0.241 e. The summed E-state index contributed by atoms with van der Waals surface area (Å²) in [6.45, 7) is 3.47. The van der Waals surface area contributed by atoms with Crippen LogP contribution < -0.4 is 5.32 Å². The molecular formula is C19H27N3O2. The molecule has 0 aromatic heterocycles. The van der Waals surface area contributed by atoms with Crippen molar-refractivity contribution >= 4 is 11.8 Å².